The molecule has 0 aliphatic heterocycles. The molecule has 0 atom stereocenters. The summed E-state index contributed by atoms with van der Waals surface area (Å²) in [5.41, 5.74) is 6.53. The Morgan fingerprint density at radius 1 is 1.11 bits per heavy atom. The maximum absolute atomic E-state index is 13.8. The Morgan fingerprint density at radius 3 is 2.42 bits per heavy atom. The van der Waals surface area contributed by atoms with Gasteiger partial charge in [0.15, 0.2) is 0 Å². The van der Waals surface area contributed by atoms with Crippen molar-refractivity contribution in [2.24, 2.45) is 5.73 Å². The third kappa shape index (κ3) is 3.27. The van der Waals surface area contributed by atoms with Gasteiger partial charge in [-0.2, -0.15) is 0 Å². The van der Waals surface area contributed by atoms with Crippen molar-refractivity contribution in [1.82, 2.24) is 0 Å². The van der Waals surface area contributed by atoms with E-state index in [1.165, 1.54) is 18.2 Å². The van der Waals surface area contributed by atoms with E-state index in [0.717, 1.165) is 0 Å². The molecule has 2 rings (SSSR count). The van der Waals surface area contributed by atoms with Crippen molar-refractivity contribution in [3.63, 3.8) is 0 Å². The fourth-order valence-electron chi connectivity index (χ4n) is 1.50. The van der Waals surface area contributed by atoms with Crippen LogP contribution in [0.25, 0.3) is 0 Å². The van der Waals surface area contributed by atoms with Crippen LogP contribution in [0.15, 0.2) is 40.9 Å². The van der Waals surface area contributed by atoms with Gasteiger partial charge in [-0.3, -0.25) is 0 Å². The Balaban J connectivity index is 2.28. The number of nitrogens with two attached hydrogens (primary N) is 1. The number of hydrogen-bond acceptors (Lipinski definition) is 2. The van der Waals surface area contributed by atoms with E-state index in [4.69, 9.17) is 18.0 Å². The molecule has 0 aliphatic carbocycles. The van der Waals surface area contributed by atoms with Crippen molar-refractivity contribution in [1.29, 1.82) is 0 Å². The van der Waals surface area contributed by atoms with Gasteiger partial charge in [-0.25, -0.2) is 8.78 Å². The van der Waals surface area contributed by atoms with Gasteiger partial charge in [0.2, 0.25) is 0 Å². The van der Waals surface area contributed by atoms with Crippen molar-refractivity contribution in [2.45, 2.75) is 0 Å². The van der Waals surface area contributed by atoms with Crippen LogP contribution in [0, 0.1) is 11.6 Å². The first kappa shape index (κ1) is 13.9. The Kier molecular flexibility index (Phi) is 4.11. The van der Waals surface area contributed by atoms with E-state index in [-0.39, 0.29) is 10.7 Å². The second-order valence-electron chi connectivity index (χ2n) is 3.81. The van der Waals surface area contributed by atoms with Crippen LogP contribution in [-0.2, 0) is 0 Å². The molecule has 98 valence electrons. The van der Waals surface area contributed by atoms with Crippen LogP contribution in [0.4, 0.5) is 20.2 Å². The SMILES string of the molecule is NC(=S)c1ccc(Nc2ccc(Br)c(F)c2)c(F)c1. The van der Waals surface area contributed by atoms with E-state index < -0.39 is 11.6 Å². The molecule has 2 aromatic rings. The molecule has 0 aliphatic rings. The monoisotopic (exact) mass is 342 g/mol. The summed E-state index contributed by atoms with van der Waals surface area (Å²) in [4.78, 5) is 0.125. The molecule has 19 heavy (non-hydrogen) atoms. The second kappa shape index (κ2) is 5.63. The minimum atomic E-state index is -0.506. The molecular formula is C13H9BrF2N2S. The van der Waals surface area contributed by atoms with Crippen molar-refractivity contribution in [3.8, 4) is 0 Å². The number of halogens is 3. The fourth-order valence-corrected chi connectivity index (χ4v) is 1.87. The summed E-state index contributed by atoms with van der Waals surface area (Å²) in [5, 5.41) is 2.79. The van der Waals surface area contributed by atoms with E-state index in [9.17, 15) is 8.78 Å². The van der Waals surface area contributed by atoms with Gasteiger partial charge in [0.05, 0.1) is 10.2 Å². The normalized spacial score (nSPS) is 10.3. The summed E-state index contributed by atoms with van der Waals surface area (Å²) < 4.78 is 27.5. The number of benzene rings is 2. The zero-order chi connectivity index (χ0) is 14.0. The molecule has 0 saturated carbocycles. The van der Waals surface area contributed by atoms with Crippen LogP contribution in [0.5, 0.6) is 0 Å². The molecule has 0 heterocycles. The topological polar surface area (TPSA) is 38.0 Å². The van der Waals surface area contributed by atoms with Crippen LogP contribution in [0.2, 0.25) is 0 Å². The van der Waals surface area contributed by atoms with Gasteiger partial charge in [0, 0.05) is 11.3 Å². The van der Waals surface area contributed by atoms with E-state index in [1.54, 1.807) is 18.2 Å². The lowest BCUT2D eigenvalue weighted by atomic mass is 10.2. The maximum Gasteiger partial charge on any atom is 0.147 e. The predicted molar refractivity (Wildman–Crippen MR) is 79.7 cm³/mol. The minimum Gasteiger partial charge on any atom is -0.389 e. The average molecular weight is 343 g/mol. The summed E-state index contributed by atoms with van der Waals surface area (Å²) in [5.74, 6) is -0.932. The van der Waals surface area contributed by atoms with Gasteiger partial charge in [-0.05, 0) is 52.3 Å². The predicted octanol–water partition coefficient (Wildman–Crippen LogP) is 4.11. The largest absolute Gasteiger partial charge is 0.389 e. The molecule has 0 unspecified atom stereocenters. The van der Waals surface area contributed by atoms with Crippen molar-refractivity contribution in [2.75, 3.05) is 5.32 Å². The number of anilines is 2. The van der Waals surface area contributed by atoms with E-state index in [2.05, 4.69) is 21.2 Å². The van der Waals surface area contributed by atoms with Gasteiger partial charge in [0.1, 0.15) is 16.6 Å². The smallest absolute Gasteiger partial charge is 0.147 e. The van der Waals surface area contributed by atoms with Crippen LogP contribution >= 0.6 is 28.1 Å². The van der Waals surface area contributed by atoms with E-state index >= 15 is 0 Å². The standard InChI is InChI=1S/C13H9BrF2N2S/c14-9-3-2-8(6-10(9)15)18-12-4-1-7(13(17)19)5-11(12)16/h1-6,18H,(H2,17,19). The summed E-state index contributed by atoms with van der Waals surface area (Å²) in [6.45, 7) is 0. The molecule has 3 N–H and O–H groups in total. The highest BCUT2D eigenvalue weighted by molar-refractivity contribution is 9.10. The van der Waals surface area contributed by atoms with Crippen molar-refractivity contribution in [3.05, 3.63) is 58.1 Å². The quantitative estimate of drug-likeness (QED) is 0.824. The van der Waals surface area contributed by atoms with E-state index in [1.807, 2.05) is 0 Å². The van der Waals surface area contributed by atoms with Gasteiger partial charge < -0.3 is 11.1 Å². The number of nitrogens with one attached hydrogen (secondary N) is 1. The van der Waals surface area contributed by atoms with Crippen LogP contribution in [0.3, 0.4) is 0 Å². The molecule has 2 nitrogen and oxygen atoms in total. The highest BCUT2D eigenvalue weighted by Crippen LogP contribution is 2.24. The van der Waals surface area contributed by atoms with E-state index in [0.29, 0.717) is 15.7 Å². The maximum atomic E-state index is 13.8. The second-order valence-corrected chi connectivity index (χ2v) is 5.11. The van der Waals surface area contributed by atoms with Gasteiger partial charge in [-0.15, -0.1) is 0 Å². The highest BCUT2D eigenvalue weighted by atomic mass is 79.9. The summed E-state index contributed by atoms with van der Waals surface area (Å²) in [7, 11) is 0. The van der Waals surface area contributed by atoms with Gasteiger partial charge >= 0.3 is 0 Å². The van der Waals surface area contributed by atoms with Gasteiger partial charge in [-0.1, -0.05) is 12.2 Å². The lowest BCUT2D eigenvalue weighted by Crippen LogP contribution is -2.09. The third-order valence-electron chi connectivity index (χ3n) is 2.45. The Hall–Kier alpha value is -1.53. The molecule has 0 radical (unpaired) electrons. The average Bonchev–Trinajstić information content (AvgIpc) is 2.36. The lowest BCUT2D eigenvalue weighted by molar-refractivity contribution is 0.621. The first-order valence-electron chi connectivity index (χ1n) is 5.29. The molecule has 0 spiro atoms. The highest BCUT2D eigenvalue weighted by Gasteiger charge is 2.07. The Morgan fingerprint density at radius 2 is 1.84 bits per heavy atom. The third-order valence-corrected chi connectivity index (χ3v) is 3.33. The number of hydrogen-bond donors (Lipinski definition) is 2. The zero-order valence-corrected chi connectivity index (χ0v) is 12.0. The van der Waals surface area contributed by atoms with Crippen LogP contribution in [-0.4, -0.2) is 4.99 Å². The minimum absolute atomic E-state index is 0.125. The molecule has 0 bridgehead atoms. The number of rotatable bonds is 3. The van der Waals surface area contributed by atoms with Crippen molar-refractivity contribution < 1.29 is 8.78 Å². The molecule has 0 fully saturated rings. The Labute approximate surface area is 122 Å². The molecule has 0 aromatic heterocycles. The molecule has 6 heteroatoms. The molecular weight excluding hydrogens is 334 g/mol. The first-order valence-corrected chi connectivity index (χ1v) is 6.49. The fraction of sp³-hybridized carbons (Fsp3) is 0. The van der Waals surface area contributed by atoms with Crippen LogP contribution in [0.1, 0.15) is 5.56 Å². The first-order chi connectivity index (χ1) is 8.97. The lowest BCUT2D eigenvalue weighted by Gasteiger charge is -2.09. The molecule has 0 amide bonds. The molecule has 0 saturated heterocycles. The number of thiocarbonyl (C=S) groups is 1. The summed E-state index contributed by atoms with van der Waals surface area (Å²) in [6, 6.07) is 8.78. The van der Waals surface area contributed by atoms with Crippen molar-refractivity contribution >= 4 is 44.5 Å². The van der Waals surface area contributed by atoms with Gasteiger partial charge in [0.25, 0.3) is 0 Å². The summed E-state index contributed by atoms with van der Waals surface area (Å²) in [6.07, 6.45) is 0. The van der Waals surface area contributed by atoms with Crippen LogP contribution < -0.4 is 11.1 Å². The Bertz CT molecular complexity index is 647. The summed E-state index contributed by atoms with van der Waals surface area (Å²) >= 11 is 7.81. The molecule has 2 aromatic carbocycles. The zero-order valence-electron chi connectivity index (χ0n) is 9.58.